The van der Waals surface area contributed by atoms with Crippen molar-refractivity contribution in [2.45, 2.75) is 26.3 Å². The van der Waals surface area contributed by atoms with Gasteiger partial charge in [-0.1, -0.05) is 12.1 Å². The van der Waals surface area contributed by atoms with Gasteiger partial charge in [0.2, 0.25) is 0 Å². The molecule has 1 fully saturated rings. The molecule has 1 saturated carbocycles. The molecule has 0 aliphatic heterocycles. The van der Waals surface area contributed by atoms with Crippen LogP contribution in [-0.4, -0.2) is 20.1 Å². The Hall–Kier alpha value is -1.58. The predicted molar refractivity (Wildman–Crippen MR) is 61.1 cm³/mol. The van der Waals surface area contributed by atoms with Crippen molar-refractivity contribution in [3.05, 3.63) is 18.2 Å². The molecular weight excluding hydrogens is 202 g/mol. The highest BCUT2D eigenvalue weighted by Gasteiger charge is 2.28. The van der Waals surface area contributed by atoms with E-state index in [4.69, 9.17) is 0 Å². The van der Waals surface area contributed by atoms with Crippen LogP contribution in [0.5, 0.6) is 5.75 Å². The van der Waals surface area contributed by atoms with Gasteiger partial charge in [-0.2, -0.15) is 0 Å². The number of nitrogens with zero attached hydrogens (tertiary/aromatic N) is 3. The molecule has 1 unspecified atom stereocenters. The summed E-state index contributed by atoms with van der Waals surface area (Å²) in [6.07, 6.45) is 2.69. The Balaban J connectivity index is 1.93. The topological polar surface area (TPSA) is 50.9 Å². The van der Waals surface area contributed by atoms with Crippen molar-refractivity contribution in [1.29, 1.82) is 0 Å². The molecule has 4 nitrogen and oxygen atoms in total. The fourth-order valence-corrected chi connectivity index (χ4v) is 2.18. The first-order valence-electron chi connectivity index (χ1n) is 5.76. The van der Waals surface area contributed by atoms with Gasteiger partial charge in [0.25, 0.3) is 0 Å². The first-order valence-corrected chi connectivity index (χ1v) is 5.76. The van der Waals surface area contributed by atoms with Crippen LogP contribution in [0.15, 0.2) is 18.2 Å². The van der Waals surface area contributed by atoms with Crippen LogP contribution in [0.3, 0.4) is 0 Å². The Kier molecular flexibility index (Phi) is 2.09. The standard InChI is InChI=1S/C12H15N3O/c1-8(9-2-3-9)7-15-12-6-10(16)4-5-11(12)13-14-15/h4-6,8-9,16H,2-3,7H2,1H3. The highest BCUT2D eigenvalue weighted by molar-refractivity contribution is 5.75. The van der Waals surface area contributed by atoms with Crippen molar-refractivity contribution in [3.63, 3.8) is 0 Å². The molecule has 0 spiro atoms. The second-order valence-electron chi connectivity index (χ2n) is 4.76. The third-order valence-corrected chi connectivity index (χ3v) is 3.39. The van der Waals surface area contributed by atoms with Crippen LogP contribution in [0.4, 0.5) is 0 Å². The first-order chi connectivity index (χ1) is 7.74. The van der Waals surface area contributed by atoms with Crippen LogP contribution in [0.1, 0.15) is 19.8 Å². The van der Waals surface area contributed by atoms with Gasteiger partial charge >= 0.3 is 0 Å². The van der Waals surface area contributed by atoms with E-state index < -0.39 is 0 Å². The lowest BCUT2D eigenvalue weighted by molar-refractivity contribution is 0.407. The molecule has 1 aliphatic rings. The quantitative estimate of drug-likeness (QED) is 0.857. The van der Waals surface area contributed by atoms with E-state index >= 15 is 0 Å². The van der Waals surface area contributed by atoms with Gasteiger partial charge in [0.05, 0.1) is 5.52 Å². The lowest BCUT2D eigenvalue weighted by Gasteiger charge is -2.09. The Morgan fingerprint density at radius 2 is 2.31 bits per heavy atom. The predicted octanol–water partition coefficient (Wildman–Crippen LogP) is 2.18. The number of hydrogen-bond donors (Lipinski definition) is 1. The molecule has 1 atom stereocenters. The Bertz CT molecular complexity index is 516. The Morgan fingerprint density at radius 1 is 1.50 bits per heavy atom. The molecule has 84 valence electrons. The SMILES string of the molecule is CC(Cn1nnc2ccc(O)cc21)C1CC1. The van der Waals surface area contributed by atoms with Gasteiger partial charge in [-0.3, -0.25) is 0 Å². The van der Waals surface area contributed by atoms with Gasteiger partial charge in [0, 0.05) is 12.6 Å². The molecule has 16 heavy (non-hydrogen) atoms. The second kappa shape index (κ2) is 3.47. The van der Waals surface area contributed by atoms with Crippen molar-refractivity contribution in [2.75, 3.05) is 0 Å². The molecule has 1 aromatic heterocycles. The van der Waals surface area contributed by atoms with Gasteiger partial charge in [0.15, 0.2) is 0 Å². The second-order valence-corrected chi connectivity index (χ2v) is 4.76. The van der Waals surface area contributed by atoms with Crippen molar-refractivity contribution < 1.29 is 5.11 Å². The van der Waals surface area contributed by atoms with Gasteiger partial charge in [-0.15, -0.1) is 5.10 Å². The van der Waals surface area contributed by atoms with E-state index in [0.717, 1.165) is 23.5 Å². The maximum Gasteiger partial charge on any atom is 0.117 e. The molecule has 1 N–H and O–H groups in total. The third-order valence-electron chi connectivity index (χ3n) is 3.39. The van der Waals surface area contributed by atoms with E-state index in [9.17, 15) is 5.11 Å². The molecule has 0 radical (unpaired) electrons. The van der Waals surface area contributed by atoms with E-state index in [1.54, 1.807) is 18.2 Å². The molecular formula is C12H15N3O. The average molecular weight is 217 g/mol. The molecule has 4 heteroatoms. The summed E-state index contributed by atoms with van der Waals surface area (Å²) in [7, 11) is 0. The van der Waals surface area contributed by atoms with E-state index in [0.29, 0.717) is 5.92 Å². The van der Waals surface area contributed by atoms with E-state index in [-0.39, 0.29) is 5.75 Å². The number of benzene rings is 1. The van der Waals surface area contributed by atoms with Crippen LogP contribution >= 0.6 is 0 Å². The van der Waals surface area contributed by atoms with Crippen LogP contribution in [0.25, 0.3) is 11.0 Å². The number of rotatable bonds is 3. The van der Waals surface area contributed by atoms with E-state index in [1.807, 2.05) is 4.68 Å². The fraction of sp³-hybridized carbons (Fsp3) is 0.500. The number of phenolic OH excluding ortho intramolecular Hbond substituents is 1. The number of hydrogen-bond acceptors (Lipinski definition) is 3. The minimum atomic E-state index is 0.273. The average Bonchev–Trinajstić information content (AvgIpc) is 3.04. The fourth-order valence-electron chi connectivity index (χ4n) is 2.18. The van der Waals surface area contributed by atoms with Crippen LogP contribution in [0, 0.1) is 11.8 Å². The first kappa shape index (κ1) is 9.63. The summed E-state index contributed by atoms with van der Waals surface area (Å²) in [5.41, 5.74) is 1.77. The maximum atomic E-state index is 9.46. The number of aromatic hydroxyl groups is 1. The monoisotopic (exact) mass is 217 g/mol. The zero-order valence-electron chi connectivity index (χ0n) is 9.30. The highest BCUT2D eigenvalue weighted by Crippen LogP contribution is 2.37. The third kappa shape index (κ3) is 1.64. The molecule has 0 amide bonds. The van der Waals surface area contributed by atoms with E-state index in [1.165, 1.54) is 12.8 Å². The van der Waals surface area contributed by atoms with Crippen molar-refractivity contribution in [2.24, 2.45) is 11.8 Å². The molecule has 1 aromatic carbocycles. The molecule has 0 saturated heterocycles. The summed E-state index contributed by atoms with van der Waals surface area (Å²) < 4.78 is 1.90. The normalized spacial score (nSPS) is 17.8. The van der Waals surface area contributed by atoms with Crippen molar-refractivity contribution in [1.82, 2.24) is 15.0 Å². The summed E-state index contributed by atoms with van der Waals surface area (Å²) in [6, 6.07) is 5.18. The molecule has 2 aromatic rings. The van der Waals surface area contributed by atoms with Gasteiger partial charge in [0.1, 0.15) is 11.3 Å². The largest absolute Gasteiger partial charge is 0.508 e. The number of fused-ring (bicyclic) bond motifs is 1. The number of aromatic nitrogens is 3. The van der Waals surface area contributed by atoms with Crippen molar-refractivity contribution in [3.8, 4) is 5.75 Å². The van der Waals surface area contributed by atoms with Crippen LogP contribution in [0.2, 0.25) is 0 Å². The zero-order valence-corrected chi connectivity index (χ0v) is 9.30. The minimum Gasteiger partial charge on any atom is -0.508 e. The molecule has 3 rings (SSSR count). The smallest absolute Gasteiger partial charge is 0.117 e. The molecule has 1 heterocycles. The highest BCUT2D eigenvalue weighted by atomic mass is 16.3. The van der Waals surface area contributed by atoms with E-state index in [2.05, 4.69) is 17.2 Å². The van der Waals surface area contributed by atoms with Gasteiger partial charge in [-0.05, 0) is 36.8 Å². The molecule has 0 bridgehead atoms. The summed E-state index contributed by atoms with van der Waals surface area (Å²) >= 11 is 0. The Labute approximate surface area is 93.9 Å². The maximum absolute atomic E-state index is 9.46. The van der Waals surface area contributed by atoms with Gasteiger partial charge in [-0.25, -0.2) is 4.68 Å². The Morgan fingerprint density at radius 3 is 3.06 bits per heavy atom. The lowest BCUT2D eigenvalue weighted by Crippen LogP contribution is -2.10. The summed E-state index contributed by atoms with van der Waals surface area (Å²) in [5, 5.41) is 17.7. The zero-order chi connectivity index (χ0) is 11.1. The minimum absolute atomic E-state index is 0.273. The van der Waals surface area contributed by atoms with Crippen molar-refractivity contribution >= 4 is 11.0 Å². The molecule has 1 aliphatic carbocycles. The van der Waals surface area contributed by atoms with Crippen LogP contribution in [-0.2, 0) is 6.54 Å². The summed E-state index contributed by atoms with van der Waals surface area (Å²) in [5.74, 6) is 1.78. The number of phenols is 1. The van der Waals surface area contributed by atoms with Gasteiger partial charge < -0.3 is 5.11 Å². The lowest BCUT2D eigenvalue weighted by atomic mass is 10.1. The summed E-state index contributed by atoms with van der Waals surface area (Å²) in [6.45, 7) is 3.15. The van der Waals surface area contributed by atoms with Crippen LogP contribution < -0.4 is 0 Å². The summed E-state index contributed by atoms with van der Waals surface area (Å²) in [4.78, 5) is 0.